The molecule has 4 nitrogen and oxygen atoms in total. The number of hydrogen-bond acceptors (Lipinski definition) is 4. The van der Waals surface area contributed by atoms with Crippen LogP contribution in [-0.4, -0.2) is 24.7 Å². The first kappa shape index (κ1) is 13.9. The smallest absolute Gasteiger partial charge is 0.322 e. The van der Waals surface area contributed by atoms with Crippen molar-refractivity contribution in [3.05, 3.63) is 29.8 Å². The largest absolute Gasteiger partial charge is 0.496 e. The number of carbonyl (C=O) groups is 1. The molecule has 0 bridgehead atoms. The van der Waals surface area contributed by atoms with Crippen LogP contribution in [0.4, 0.5) is 0 Å². The second-order valence-electron chi connectivity index (χ2n) is 4.83. The van der Waals surface area contributed by atoms with E-state index < -0.39 is 0 Å². The van der Waals surface area contributed by atoms with Crippen LogP contribution in [0.25, 0.3) is 0 Å². The van der Waals surface area contributed by atoms with Crippen molar-refractivity contribution < 1.29 is 14.4 Å². The highest BCUT2D eigenvalue weighted by molar-refractivity contribution is 5.65. The van der Waals surface area contributed by atoms with Crippen LogP contribution in [0.5, 0.6) is 5.75 Å². The number of nitrogens with zero attached hydrogens (tertiary/aromatic N) is 1. The summed E-state index contributed by atoms with van der Waals surface area (Å²) in [6.45, 7) is 2.23. The molecule has 0 aliphatic carbocycles. The summed E-state index contributed by atoms with van der Waals surface area (Å²) >= 11 is 0. The Morgan fingerprint density at radius 2 is 2.05 bits per heavy atom. The van der Waals surface area contributed by atoms with E-state index in [1.165, 1.54) is 13.3 Å². The number of para-hydroxylation sites is 1. The minimum atomic E-state index is -0.262. The average Bonchev–Trinajstić information content (AvgIpc) is 2.63. The molecular weight excluding hydrogens is 242 g/mol. The lowest BCUT2D eigenvalue weighted by molar-refractivity contribution is -0.200. The second-order valence-corrected chi connectivity index (χ2v) is 4.83. The van der Waals surface area contributed by atoms with Crippen molar-refractivity contribution in [1.82, 2.24) is 5.06 Å². The molecule has 1 heterocycles. The van der Waals surface area contributed by atoms with E-state index in [0.717, 1.165) is 37.1 Å². The van der Waals surface area contributed by atoms with Gasteiger partial charge < -0.3 is 9.57 Å². The summed E-state index contributed by atoms with van der Waals surface area (Å²) in [4.78, 5) is 16.6. The lowest BCUT2D eigenvalue weighted by Crippen LogP contribution is -2.30. The van der Waals surface area contributed by atoms with Gasteiger partial charge in [-0.3, -0.25) is 4.79 Å². The molecule has 4 heteroatoms. The molecule has 1 aromatic rings. The van der Waals surface area contributed by atoms with Gasteiger partial charge in [0.2, 0.25) is 0 Å². The summed E-state index contributed by atoms with van der Waals surface area (Å²) in [6.07, 6.45) is 4.34. The number of ether oxygens (including phenoxy) is 1. The van der Waals surface area contributed by atoms with Crippen LogP contribution in [0.15, 0.2) is 24.3 Å². The number of benzene rings is 1. The molecule has 0 spiro atoms. The van der Waals surface area contributed by atoms with Gasteiger partial charge in [0.1, 0.15) is 5.75 Å². The van der Waals surface area contributed by atoms with E-state index in [9.17, 15) is 4.79 Å². The fraction of sp³-hybridized carbons (Fsp3) is 0.533. The fourth-order valence-corrected chi connectivity index (χ4v) is 2.61. The van der Waals surface area contributed by atoms with E-state index >= 15 is 0 Å². The third kappa shape index (κ3) is 3.47. The number of methoxy groups -OCH3 is 1. The fourth-order valence-electron chi connectivity index (χ4n) is 2.61. The molecule has 1 atom stereocenters. The van der Waals surface area contributed by atoms with Crippen molar-refractivity contribution in [2.75, 3.05) is 13.7 Å². The number of hydroxylamine groups is 2. The molecule has 0 saturated carbocycles. The van der Waals surface area contributed by atoms with Crippen molar-refractivity contribution in [2.24, 2.45) is 0 Å². The Morgan fingerprint density at radius 1 is 1.26 bits per heavy atom. The molecule has 19 heavy (non-hydrogen) atoms. The highest BCUT2D eigenvalue weighted by Crippen LogP contribution is 2.35. The summed E-state index contributed by atoms with van der Waals surface area (Å²) in [5.41, 5.74) is 1.09. The van der Waals surface area contributed by atoms with Crippen LogP contribution in [0.2, 0.25) is 0 Å². The molecule has 1 aliphatic heterocycles. The second kappa shape index (κ2) is 6.57. The molecule has 0 aromatic heterocycles. The number of rotatable bonds is 3. The van der Waals surface area contributed by atoms with Crippen LogP contribution in [0, 0.1) is 0 Å². The van der Waals surface area contributed by atoms with Gasteiger partial charge in [-0.1, -0.05) is 31.0 Å². The zero-order valence-corrected chi connectivity index (χ0v) is 11.6. The molecule has 1 fully saturated rings. The van der Waals surface area contributed by atoms with E-state index in [0.29, 0.717) is 0 Å². The Hall–Kier alpha value is -1.55. The number of carbonyl (C=O) groups excluding carboxylic acids is 1. The average molecular weight is 263 g/mol. The number of hydrogen-bond donors (Lipinski definition) is 0. The van der Waals surface area contributed by atoms with Crippen molar-refractivity contribution in [1.29, 1.82) is 0 Å². The van der Waals surface area contributed by atoms with Crippen LogP contribution in [0.3, 0.4) is 0 Å². The molecule has 2 rings (SSSR count). The van der Waals surface area contributed by atoms with Gasteiger partial charge in [-0.25, -0.2) is 0 Å². The zero-order chi connectivity index (χ0) is 13.7. The molecule has 1 saturated heterocycles. The first-order valence-electron chi connectivity index (χ1n) is 6.80. The van der Waals surface area contributed by atoms with Crippen molar-refractivity contribution in [2.45, 2.75) is 38.6 Å². The van der Waals surface area contributed by atoms with Gasteiger partial charge in [0.15, 0.2) is 0 Å². The lowest BCUT2D eigenvalue weighted by Gasteiger charge is -2.29. The topological polar surface area (TPSA) is 38.8 Å². The van der Waals surface area contributed by atoms with Crippen molar-refractivity contribution in [3.63, 3.8) is 0 Å². The van der Waals surface area contributed by atoms with Gasteiger partial charge in [-0.15, -0.1) is 5.06 Å². The summed E-state index contributed by atoms with van der Waals surface area (Å²) in [6, 6.07) is 8.03. The van der Waals surface area contributed by atoms with Crippen LogP contribution in [-0.2, 0) is 9.63 Å². The van der Waals surface area contributed by atoms with E-state index in [1.807, 2.05) is 29.3 Å². The van der Waals surface area contributed by atoms with Gasteiger partial charge in [0.25, 0.3) is 0 Å². The van der Waals surface area contributed by atoms with E-state index in [4.69, 9.17) is 9.57 Å². The predicted octanol–water partition coefficient (Wildman–Crippen LogP) is 3.09. The van der Waals surface area contributed by atoms with E-state index in [-0.39, 0.29) is 12.0 Å². The standard InChI is InChI=1S/C15H21NO3/c1-12(17)19-16-11-7-3-4-9-14(16)13-8-5-6-10-15(13)18-2/h5-6,8,10,14H,3-4,7,9,11H2,1-2H3. The van der Waals surface area contributed by atoms with Gasteiger partial charge >= 0.3 is 5.97 Å². The Morgan fingerprint density at radius 3 is 2.79 bits per heavy atom. The Balaban J connectivity index is 2.28. The quantitative estimate of drug-likeness (QED) is 0.840. The monoisotopic (exact) mass is 263 g/mol. The first-order valence-corrected chi connectivity index (χ1v) is 6.80. The molecule has 0 amide bonds. The molecule has 104 valence electrons. The van der Waals surface area contributed by atoms with Gasteiger partial charge in [-0.2, -0.15) is 0 Å². The Labute approximate surface area is 114 Å². The Kier molecular flexibility index (Phi) is 4.80. The molecule has 1 aromatic carbocycles. The van der Waals surface area contributed by atoms with Crippen LogP contribution in [0.1, 0.15) is 44.2 Å². The van der Waals surface area contributed by atoms with Crippen LogP contribution >= 0.6 is 0 Å². The lowest BCUT2D eigenvalue weighted by atomic mass is 10.0. The van der Waals surface area contributed by atoms with Crippen molar-refractivity contribution in [3.8, 4) is 5.75 Å². The molecule has 1 aliphatic rings. The summed E-state index contributed by atoms with van der Waals surface area (Å²) < 4.78 is 5.43. The van der Waals surface area contributed by atoms with E-state index in [2.05, 4.69) is 0 Å². The third-order valence-electron chi connectivity index (χ3n) is 3.45. The molecule has 0 N–H and O–H groups in total. The summed E-state index contributed by atoms with van der Waals surface area (Å²) in [7, 11) is 1.67. The van der Waals surface area contributed by atoms with Crippen molar-refractivity contribution >= 4 is 5.97 Å². The molecule has 0 radical (unpaired) electrons. The molecular formula is C15H21NO3. The maximum atomic E-state index is 11.3. The SMILES string of the molecule is COc1ccccc1C1CCCCCN1OC(C)=O. The summed E-state index contributed by atoms with van der Waals surface area (Å²) in [5, 5.41) is 1.81. The van der Waals surface area contributed by atoms with Crippen LogP contribution < -0.4 is 4.74 Å². The van der Waals surface area contributed by atoms with E-state index in [1.54, 1.807) is 7.11 Å². The minimum Gasteiger partial charge on any atom is -0.496 e. The van der Waals surface area contributed by atoms with Gasteiger partial charge in [0, 0.05) is 19.0 Å². The predicted molar refractivity (Wildman–Crippen MR) is 72.7 cm³/mol. The highest BCUT2D eigenvalue weighted by Gasteiger charge is 2.27. The summed E-state index contributed by atoms with van der Waals surface area (Å²) in [5.74, 6) is 0.591. The Bertz CT molecular complexity index is 433. The molecule has 1 unspecified atom stereocenters. The first-order chi connectivity index (χ1) is 9.22. The highest BCUT2D eigenvalue weighted by atomic mass is 16.7. The van der Waals surface area contributed by atoms with Gasteiger partial charge in [0.05, 0.1) is 13.2 Å². The maximum Gasteiger partial charge on any atom is 0.322 e. The zero-order valence-electron chi connectivity index (χ0n) is 11.6. The minimum absolute atomic E-state index is 0.0857. The van der Waals surface area contributed by atoms with Gasteiger partial charge in [-0.05, 0) is 18.9 Å². The third-order valence-corrected chi connectivity index (χ3v) is 3.45. The maximum absolute atomic E-state index is 11.3. The normalized spacial score (nSPS) is 20.6.